The van der Waals surface area contributed by atoms with Crippen molar-refractivity contribution in [1.82, 2.24) is 10.2 Å². The number of aliphatic hydroxyl groups is 2. The molecule has 0 aromatic heterocycles. The van der Waals surface area contributed by atoms with Crippen molar-refractivity contribution in [2.24, 2.45) is 16.5 Å². The Hall–Kier alpha value is -3.60. The summed E-state index contributed by atoms with van der Waals surface area (Å²) in [6, 6.07) is 19.4. The third-order valence-corrected chi connectivity index (χ3v) is 7.11. The second kappa shape index (κ2) is 20.3. The molecule has 9 N–H and O–H groups in total. The first-order valence-electron chi connectivity index (χ1n) is 15.0. The average molecular weight is 580 g/mol. The number of guanidine groups is 1. The molecule has 1 amide bonds. The molecule has 0 heterocycles. The van der Waals surface area contributed by atoms with Gasteiger partial charge < -0.3 is 26.6 Å². The van der Waals surface area contributed by atoms with E-state index >= 15 is 0 Å². The van der Waals surface area contributed by atoms with Gasteiger partial charge in [0, 0.05) is 6.54 Å². The van der Waals surface area contributed by atoms with Crippen LogP contribution in [-0.2, 0) is 24.1 Å². The van der Waals surface area contributed by atoms with E-state index in [-0.39, 0.29) is 12.6 Å². The predicted octanol–water partition coefficient (Wildman–Crippen LogP) is 2.79. The molecular formula is C32H49N7O3. The highest BCUT2D eigenvalue weighted by Crippen LogP contribution is 2.12. The minimum atomic E-state index is -0.838. The molecule has 2 rings (SSSR count). The molecule has 0 aliphatic heterocycles. The summed E-state index contributed by atoms with van der Waals surface area (Å²) in [6.07, 6.45) is 8.96. The standard InChI is InChI=1S/C32H49N7O3/c33-29(30(34)35)31(42)38-32(36)37-20-6-4-12-26-16-18-27(19-17-26)14-9-23-39(21-7-5-15-28(41)24-40)22-8-13-25-10-2-1-3-11-25/h1-3,10-11,16-19,28,33,40-41H,4-9,12-15,20-24H2,(H3,34,35)(H3,36,37,38,42)/t28-/m0/s1. The molecule has 10 nitrogen and oxygen atoms in total. The van der Waals surface area contributed by atoms with Crippen molar-refractivity contribution in [3.8, 4) is 0 Å². The maximum atomic E-state index is 11.6. The summed E-state index contributed by atoms with van der Waals surface area (Å²) in [5.74, 6) is -1.54. The summed E-state index contributed by atoms with van der Waals surface area (Å²) in [5.41, 5.74) is 14.1. The van der Waals surface area contributed by atoms with E-state index in [0.717, 1.165) is 77.4 Å². The maximum absolute atomic E-state index is 11.6. The number of rotatable bonds is 21. The number of aliphatic hydroxyl groups excluding tert-OH is 2. The smallest absolute Gasteiger partial charge is 0.279 e. The molecule has 0 fully saturated rings. The van der Waals surface area contributed by atoms with Gasteiger partial charge >= 0.3 is 0 Å². The third-order valence-electron chi connectivity index (χ3n) is 7.11. The number of aliphatic imine (C=N–C) groups is 1. The molecule has 42 heavy (non-hydrogen) atoms. The Balaban J connectivity index is 1.70. The molecule has 0 spiro atoms. The summed E-state index contributed by atoms with van der Waals surface area (Å²) in [4.78, 5) is 18.3. The zero-order valence-corrected chi connectivity index (χ0v) is 24.7. The summed E-state index contributed by atoms with van der Waals surface area (Å²) >= 11 is 0. The van der Waals surface area contributed by atoms with Crippen molar-refractivity contribution >= 4 is 23.4 Å². The number of amidine groups is 1. The van der Waals surface area contributed by atoms with Crippen molar-refractivity contribution < 1.29 is 15.0 Å². The van der Waals surface area contributed by atoms with Crippen LogP contribution in [0.25, 0.3) is 0 Å². The molecule has 0 unspecified atom stereocenters. The van der Waals surface area contributed by atoms with Gasteiger partial charge in [0.2, 0.25) is 0 Å². The minimum Gasteiger partial charge on any atom is -0.394 e. The number of hydrogen-bond donors (Lipinski definition) is 7. The molecule has 0 aliphatic rings. The van der Waals surface area contributed by atoms with E-state index in [2.05, 4.69) is 69.8 Å². The third kappa shape index (κ3) is 14.9. The number of benzene rings is 2. The van der Waals surface area contributed by atoms with Gasteiger partial charge in [-0.2, -0.15) is 0 Å². The van der Waals surface area contributed by atoms with Crippen molar-refractivity contribution in [3.63, 3.8) is 0 Å². The van der Waals surface area contributed by atoms with E-state index < -0.39 is 23.6 Å². The van der Waals surface area contributed by atoms with Gasteiger partial charge in [0.05, 0.1) is 12.7 Å². The molecule has 230 valence electrons. The van der Waals surface area contributed by atoms with Gasteiger partial charge in [-0.1, -0.05) is 54.6 Å². The highest BCUT2D eigenvalue weighted by molar-refractivity contribution is 6.65. The first-order chi connectivity index (χ1) is 20.3. The zero-order valence-electron chi connectivity index (χ0n) is 24.7. The minimum absolute atomic E-state index is 0.0781. The van der Waals surface area contributed by atoms with Gasteiger partial charge in [-0.15, -0.1) is 0 Å². The van der Waals surface area contributed by atoms with E-state index in [1.807, 2.05) is 0 Å². The Labute approximate surface area is 250 Å². The van der Waals surface area contributed by atoms with Crippen LogP contribution in [0.3, 0.4) is 0 Å². The van der Waals surface area contributed by atoms with E-state index in [1.54, 1.807) is 0 Å². The topological polar surface area (TPSA) is 185 Å². The Morgan fingerprint density at radius 3 is 1.93 bits per heavy atom. The van der Waals surface area contributed by atoms with Crippen LogP contribution in [0, 0.1) is 10.8 Å². The molecule has 0 radical (unpaired) electrons. The van der Waals surface area contributed by atoms with Gasteiger partial charge in [0.25, 0.3) is 5.91 Å². The molecule has 0 saturated heterocycles. The predicted molar refractivity (Wildman–Crippen MR) is 170 cm³/mol. The van der Waals surface area contributed by atoms with E-state index in [1.165, 1.54) is 16.7 Å². The molecule has 0 aliphatic carbocycles. The highest BCUT2D eigenvalue weighted by Gasteiger charge is 2.12. The van der Waals surface area contributed by atoms with Gasteiger partial charge in [0.1, 0.15) is 5.84 Å². The van der Waals surface area contributed by atoms with Gasteiger partial charge in [-0.05, 0) is 101 Å². The van der Waals surface area contributed by atoms with Crippen LogP contribution in [-0.4, -0.2) is 77.4 Å². The van der Waals surface area contributed by atoms with Crippen LogP contribution < -0.4 is 16.8 Å². The fourth-order valence-corrected chi connectivity index (χ4v) is 4.65. The van der Waals surface area contributed by atoms with Crippen molar-refractivity contribution in [3.05, 3.63) is 71.3 Å². The first-order valence-corrected chi connectivity index (χ1v) is 15.0. The summed E-state index contributed by atoms with van der Waals surface area (Å²) < 4.78 is 0. The van der Waals surface area contributed by atoms with Crippen LogP contribution in [0.5, 0.6) is 0 Å². The lowest BCUT2D eigenvalue weighted by molar-refractivity contribution is -0.113. The number of unbranched alkanes of at least 4 members (excludes halogenated alkanes) is 2. The lowest BCUT2D eigenvalue weighted by Gasteiger charge is -2.22. The molecular weight excluding hydrogens is 530 g/mol. The fourth-order valence-electron chi connectivity index (χ4n) is 4.65. The summed E-state index contributed by atoms with van der Waals surface area (Å²) in [5, 5.41) is 35.4. The highest BCUT2D eigenvalue weighted by atomic mass is 16.3. The molecule has 10 heteroatoms. The van der Waals surface area contributed by atoms with E-state index in [4.69, 9.17) is 27.4 Å². The van der Waals surface area contributed by atoms with Crippen LogP contribution in [0.2, 0.25) is 0 Å². The lowest BCUT2D eigenvalue weighted by atomic mass is 10.0. The second-order valence-electron chi connectivity index (χ2n) is 10.6. The quantitative estimate of drug-likeness (QED) is 0.0677. The van der Waals surface area contributed by atoms with Crippen molar-refractivity contribution in [1.29, 1.82) is 10.8 Å². The Morgan fingerprint density at radius 1 is 0.810 bits per heavy atom. The Kier molecular flexibility index (Phi) is 16.7. The molecule has 0 bridgehead atoms. The van der Waals surface area contributed by atoms with E-state index in [0.29, 0.717) is 13.0 Å². The molecule has 1 atom stereocenters. The molecule has 2 aromatic carbocycles. The number of nitrogens with one attached hydrogen (secondary N) is 3. The first kappa shape index (κ1) is 34.6. The lowest BCUT2D eigenvalue weighted by Crippen LogP contribution is -2.44. The van der Waals surface area contributed by atoms with E-state index in [9.17, 15) is 9.90 Å². The van der Waals surface area contributed by atoms with Crippen LogP contribution in [0.4, 0.5) is 0 Å². The van der Waals surface area contributed by atoms with Gasteiger partial charge in [-0.3, -0.25) is 25.9 Å². The molecule has 2 aromatic rings. The Bertz CT molecular complexity index is 1110. The second-order valence-corrected chi connectivity index (χ2v) is 10.6. The maximum Gasteiger partial charge on any atom is 0.279 e. The number of nitrogens with zero attached hydrogens (tertiary/aromatic N) is 2. The Morgan fingerprint density at radius 2 is 1.36 bits per heavy atom. The zero-order chi connectivity index (χ0) is 30.6. The summed E-state index contributed by atoms with van der Waals surface area (Å²) in [6.45, 7) is 3.40. The van der Waals surface area contributed by atoms with Crippen LogP contribution in [0.15, 0.2) is 59.6 Å². The fraction of sp³-hybridized carbons (Fsp3) is 0.500. The number of amides is 1. The summed E-state index contributed by atoms with van der Waals surface area (Å²) in [7, 11) is 0. The van der Waals surface area contributed by atoms with Crippen LogP contribution in [0.1, 0.15) is 61.6 Å². The normalized spacial score (nSPS) is 12.3. The van der Waals surface area contributed by atoms with Crippen LogP contribution >= 0.6 is 0 Å². The SMILES string of the molecule is N=C(N)C(=N)C(=O)NC(N)=NCCCCc1ccc(CCCN(CCCC[C@H](O)CO)CCCc2ccccc2)cc1. The van der Waals surface area contributed by atoms with Gasteiger partial charge in [0.15, 0.2) is 11.7 Å². The number of hydrogen-bond acceptors (Lipinski definition) is 7. The average Bonchev–Trinajstić information content (AvgIpc) is 2.99. The largest absolute Gasteiger partial charge is 0.394 e. The number of carbonyl (C=O) groups is 1. The number of nitrogens with two attached hydrogens (primary N) is 2. The number of carbonyl (C=O) groups excluding carboxylic acids is 1. The van der Waals surface area contributed by atoms with Crippen molar-refractivity contribution in [2.75, 3.05) is 32.8 Å². The van der Waals surface area contributed by atoms with Crippen molar-refractivity contribution in [2.45, 2.75) is 70.3 Å². The molecule has 0 saturated carbocycles. The number of aryl methyl sites for hydroxylation is 3. The van der Waals surface area contributed by atoms with Gasteiger partial charge in [-0.25, -0.2) is 0 Å². The monoisotopic (exact) mass is 579 g/mol.